The van der Waals surface area contributed by atoms with Crippen LogP contribution in [-0.2, 0) is 14.4 Å². The van der Waals surface area contributed by atoms with E-state index in [0.717, 1.165) is 38.5 Å². The molecule has 0 aromatic heterocycles. The van der Waals surface area contributed by atoms with Gasteiger partial charge in [0, 0.05) is 19.0 Å². The Morgan fingerprint density at radius 3 is 1.24 bits per heavy atom. The standard InChI is InChI=1S/C31H61NO4P/c1-6-8-10-12-14-16-18-20-22-24-29(33)28(27-37(36)31(35)26-32(3,4)5)30(34)25-23-21-19-17-15-13-11-9-7-2/h28,36H,6-27H2,1-5H3/q+1. The van der Waals surface area contributed by atoms with Crippen molar-refractivity contribution in [2.45, 2.75) is 142 Å². The molecule has 0 spiro atoms. The third kappa shape index (κ3) is 21.9. The second kappa shape index (κ2) is 23.3. The molecule has 1 unspecified atom stereocenters. The summed E-state index contributed by atoms with van der Waals surface area (Å²) < 4.78 is 0.432. The van der Waals surface area contributed by atoms with Crippen molar-refractivity contribution in [1.82, 2.24) is 0 Å². The molecule has 1 N–H and O–H groups in total. The number of carbonyl (C=O) groups is 3. The zero-order valence-electron chi connectivity index (χ0n) is 25.2. The summed E-state index contributed by atoms with van der Waals surface area (Å²) in [5.74, 6) is -0.942. The van der Waals surface area contributed by atoms with E-state index in [0.29, 0.717) is 17.3 Å². The van der Waals surface area contributed by atoms with Crippen LogP contribution in [-0.4, -0.2) is 60.3 Å². The van der Waals surface area contributed by atoms with Crippen LogP contribution in [0, 0.1) is 5.92 Å². The lowest BCUT2D eigenvalue weighted by molar-refractivity contribution is -0.861. The van der Waals surface area contributed by atoms with Gasteiger partial charge < -0.3 is 9.38 Å². The van der Waals surface area contributed by atoms with Gasteiger partial charge in [0.2, 0.25) is 5.52 Å². The van der Waals surface area contributed by atoms with Crippen LogP contribution in [0.4, 0.5) is 0 Å². The number of nitrogens with zero attached hydrogens (tertiary/aromatic N) is 1. The molecule has 0 saturated heterocycles. The summed E-state index contributed by atoms with van der Waals surface area (Å²) in [4.78, 5) is 49.3. The Labute approximate surface area is 231 Å². The van der Waals surface area contributed by atoms with Crippen LogP contribution in [0.3, 0.4) is 0 Å². The average molecular weight is 543 g/mol. The topological polar surface area (TPSA) is 71.4 Å². The maximum Gasteiger partial charge on any atom is 0.234 e. The van der Waals surface area contributed by atoms with E-state index < -0.39 is 14.1 Å². The van der Waals surface area contributed by atoms with Crippen molar-refractivity contribution in [3.63, 3.8) is 0 Å². The lowest BCUT2D eigenvalue weighted by Gasteiger charge is -2.25. The largest absolute Gasteiger partial charge is 0.366 e. The van der Waals surface area contributed by atoms with Crippen molar-refractivity contribution >= 4 is 25.2 Å². The molecule has 0 radical (unpaired) electrons. The molecule has 0 aromatic rings. The van der Waals surface area contributed by atoms with Crippen LogP contribution in [0.25, 0.3) is 0 Å². The van der Waals surface area contributed by atoms with Gasteiger partial charge in [-0.3, -0.25) is 14.4 Å². The molecule has 0 amide bonds. The van der Waals surface area contributed by atoms with Crippen LogP contribution in [0.1, 0.15) is 142 Å². The molecule has 1 atom stereocenters. The van der Waals surface area contributed by atoms with Crippen LogP contribution in [0.5, 0.6) is 0 Å². The van der Waals surface area contributed by atoms with Gasteiger partial charge >= 0.3 is 0 Å². The zero-order chi connectivity index (χ0) is 27.9. The summed E-state index contributed by atoms with van der Waals surface area (Å²) >= 11 is 0. The summed E-state index contributed by atoms with van der Waals surface area (Å²) in [6, 6.07) is 0. The fourth-order valence-electron chi connectivity index (χ4n) is 4.71. The minimum Gasteiger partial charge on any atom is -0.366 e. The number of hydrogen-bond acceptors (Lipinski definition) is 4. The lowest BCUT2D eigenvalue weighted by Crippen LogP contribution is -2.39. The third-order valence-electron chi connectivity index (χ3n) is 7.08. The van der Waals surface area contributed by atoms with E-state index in [1.54, 1.807) is 0 Å². The third-order valence-corrected chi connectivity index (χ3v) is 8.51. The number of likely N-dealkylation sites (N-methyl/N-ethyl adjacent to an activating group) is 1. The van der Waals surface area contributed by atoms with Gasteiger partial charge in [0.25, 0.3) is 0 Å². The summed E-state index contributed by atoms with van der Waals surface area (Å²) in [5.41, 5.74) is -0.223. The van der Waals surface area contributed by atoms with Gasteiger partial charge in [0.1, 0.15) is 26.3 Å². The zero-order valence-corrected chi connectivity index (χ0v) is 26.1. The number of Topliss-reactive ketones (excluding diaryl/α,β-unsaturated/α-hetero) is 2. The Morgan fingerprint density at radius 1 is 0.595 bits per heavy atom. The van der Waals surface area contributed by atoms with Gasteiger partial charge in [-0.1, -0.05) is 117 Å². The van der Waals surface area contributed by atoms with E-state index in [2.05, 4.69) is 13.8 Å². The molecule has 37 heavy (non-hydrogen) atoms. The SMILES string of the molecule is CCCCCCCCCCCC(=O)C(CP(O)C(=O)C[N+](C)(C)C)C(=O)CCCCCCCCCCC. The number of carbonyl (C=O) groups excluding carboxylic acids is 3. The number of unbranched alkanes of at least 4 members (excludes halogenated alkanes) is 16. The van der Waals surface area contributed by atoms with Gasteiger partial charge in [-0.15, -0.1) is 0 Å². The second-order valence-corrected chi connectivity index (χ2v) is 13.7. The normalized spacial score (nSPS) is 12.7. The molecule has 0 bridgehead atoms. The Balaban J connectivity index is 4.59. The van der Waals surface area contributed by atoms with Crippen molar-refractivity contribution in [2.75, 3.05) is 33.8 Å². The molecule has 0 aromatic carbocycles. The highest BCUT2D eigenvalue weighted by Crippen LogP contribution is 2.36. The van der Waals surface area contributed by atoms with E-state index in [4.69, 9.17) is 0 Å². The van der Waals surface area contributed by atoms with E-state index in [1.165, 1.54) is 77.0 Å². The monoisotopic (exact) mass is 542 g/mol. The Kier molecular flexibility index (Phi) is 22.9. The minimum absolute atomic E-state index is 0.0146. The van der Waals surface area contributed by atoms with Gasteiger partial charge in [-0.2, -0.15) is 0 Å². The lowest BCUT2D eigenvalue weighted by atomic mass is 9.93. The van der Waals surface area contributed by atoms with Crippen molar-refractivity contribution in [3.8, 4) is 0 Å². The molecule has 0 fully saturated rings. The van der Waals surface area contributed by atoms with Crippen molar-refractivity contribution in [3.05, 3.63) is 0 Å². The number of ketones is 2. The molecule has 0 aliphatic heterocycles. The molecular formula is C31H61NO4P+. The van der Waals surface area contributed by atoms with Crippen LogP contribution in [0.2, 0.25) is 0 Å². The predicted molar refractivity (Wildman–Crippen MR) is 159 cm³/mol. The Bertz CT molecular complexity index is 569. The van der Waals surface area contributed by atoms with E-state index in [9.17, 15) is 19.3 Å². The van der Waals surface area contributed by atoms with E-state index in [1.807, 2.05) is 21.1 Å². The molecule has 0 heterocycles. The number of quaternary nitrogens is 1. The first kappa shape index (κ1) is 36.4. The molecule has 5 nitrogen and oxygen atoms in total. The molecule has 0 aliphatic rings. The first-order chi connectivity index (χ1) is 17.6. The molecule has 0 aliphatic carbocycles. The van der Waals surface area contributed by atoms with Crippen LogP contribution < -0.4 is 0 Å². The molecule has 6 heteroatoms. The molecule has 0 saturated carbocycles. The van der Waals surface area contributed by atoms with Crippen molar-refractivity contribution < 1.29 is 23.8 Å². The molecular weight excluding hydrogens is 481 g/mol. The van der Waals surface area contributed by atoms with E-state index >= 15 is 0 Å². The smallest absolute Gasteiger partial charge is 0.234 e. The highest BCUT2D eigenvalue weighted by atomic mass is 31.1. The molecule has 0 rings (SSSR count). The summed E-state index contributed by atoms with van der Waals surface area (Å²) in [7, 11) is 3.75. The highest BCUT2D eigenvalue weighted by molar-refractivity contribution is 7.69. The maximum absolute atomic E-state index is 13.1. The van der Waals surface area contributed by atoms with Crippen LogP contribution >= 0.6 is 8.15 Å². The average Bonchev–Trinajstić information content (AvgIpc) is 2.83. The molecule has 218 valence electrons. The summed E-state index contributed by atoms with van der Waals surface area (Å²) in [6.45, 7) is 4.67. The number of hydrogen-bond donors (Lipinski definition) is 1. The first-order valence-electron chi connectivity index (χ1n) is 15.5. The summed E-state index contributed by atoms with van der Waals surface area (Å²) in [6.07, 6.45) is 22.0. The van der Waals surface area contributed by atoms with Gasteiger partial charge in [-0.25, -0.2) is 0 Å². The Hall–Kier alpha value is -0.640. The van der Waals surface area contributed by atoms with Crippen molar-refractivity contribution in [2.24, 2.45) is 5.92 Å². The first-order valence-corrected chi connectivity index (χ1v) is 17.0. The van der Waals surface area contributed by atoms with Gasteiger partial charge in [0.05, 0.1) is 27.1 Å². The second-order valence-electron chi connectivity index (χ2n) is 12.1. The fraction of sp³-hybridized carbons (Fsp3) is 0.903. The summed E-state index contributed by atoms with van der Waals surface area (Å²) in [5, 5.41) is 0. The van der Waals surface area contributed by atoms with Gasteiger partial charge in [-0.05, 0) is 12.8 Å². The predicted octanol–water partition coefficient (Wildman–Crippen LogP) is 8.20. The number of rotatable bonds is 27. The Morgan fingerprint density at radius 2 is 0.919 bits per heavy atom. The maximum atomic E-state index is 13.1. The van der Waals surface area contributed by atoms with Gasteiger partial charge in [0.15, 0.2) is 0 Å². The highest BCUT2D eigenvalue weighted by Gasteiger charge is 2.32. The quantitative estimate of drug-likeness (QED) is 0.0491. The fourth-order valence-corrected chi connectivity index (χ4v) is 6.26. The van der Waals surface area contributed by atoms with Crippen LogP contribution in [0.15, 0.2) is 0 Å². The minimum atomic E-state index is -1.97. The van der Waals surface area contributed by atoms with E-state index in [-0.39, 0.29) is 29.8 Å². The van der Waals surface area contributed by atoms with Crippen molar-refractivity contribution in [1.29, 1.82) is 0 Å².